The van der Waals surface area contributed by atoms with Gasteiger partial charge in [0.2, 0.25) is 0 Å². The molecule has 0 saturated heterocycles. The van der Waals surface area contributed by atoms with E-state index in [1.54, 1.807) is 23.5 Å². The summed E-state index contributed by atoms with van der Waals surface area (Å²) in [6, 6.07) is 14.0. The second-order valence-corrected chi connectivity index (χ2v) is 7.18. The highest BCUT2D eigenvalue weighted by Crippen LogP contribution is 2.31. The summed E-state index contributed by atoms with van der Waals surface area (Å²) in [6.45, 7) is 6.34. The van der Waals surface area contributed by atoms with Gasteiger partial charge < -0.3 is 10.2 Å². The van der Waals surface area contributed by atoms with Crippen LogP contribution in [0.2, 0.25) is 10.0 Å². The minimum absolute atomic E-state index is 0.524. The van der Waals surface area contributed by atoms with Crippen molar-refractivity contribution in [2.24, 2.45) is 0 Å². The Hall–Kier alpha value is -1.75. The lowest BCUT2D eigenvalue weighted by Gasteiger charge is -2.20. The van der Waals surface area contributed by atoms with Crippen LogP contribution in [-0.2, 0) is 0 Å². The Labute approximate surface area is 162 Å². The van der Waals surface area contributed by atoms with Gasteiger partial charge in [0.1, 0.15) is 0 Å². The summed E-state index contributed by atoms with van der Waals surface area (Å²) >= 11 is 13.6. The van der Waals surface area contributed by atoms with E-state index < -0.39 is 0 Å². The Morgan fingerprint density at radius 1 is 1.00 bits per heavy atom. The zero-order valence-corrected chi connectivity index (χ0v) is 16.4. The zero-order chi connectivity index (χ0) is 17.8. The molecule has 0 radical (unpaired) electrons. The molecule has 0 aliphatic carbocycles. The third kappa shape index (κ3) is 4.27. The maximum Gasteiger partial charge on any atom is 0.187 e. The lowest BCUT2D eigenvalue weighted by molar-refractivity contribution is 0.866. The SMILES string of the molecule is CCN(CC)c1ccc(-c2csc(Nc3ccc(Cl)c(Cl)c3)n2)cc1. The Morgan fingerprint density at radius 2 is 1.72 bits per heavy atom. The largest absolute Gasteiger partial charge is 0.372 e. The summed E-state index contributed by atoms with van der Waals surface area (Å²) < 4.78 is 0. The number of aromatic nitrogens is 1. The average molecular weight is 392 g/mol. The minimum Gasteiger partial charge on any atom is -0.372 e. The number of nitrogens with zero attached hydrogens (tertiary/aromatic N) is 2. The second-order valence-electron chi connectivity index (χ2n) is 5.51. The van der Waals surface area contributed by atoms with E-state index in [9.17, 15) is 0 Å². The Bertz CT molecular complexity index is 842. The monoisotopic (exact) mass is 391 g/mol. The highest BCUT2D eigenvalue weighted by atomic mass is 35.5. The number of hydrogen-bond donors (Lipinski definition) is 1. The van der Waals surface area contributed by atoms with Crippen molar-refractivity contribution in [3.63, 3.8) is 0 Å². The van der Waals surface area contributed by atoms with E-state index >= 15 is 0 Å². The van der Waals surface area contributed by atoms with Gasteiger partial charge in [0.15, 0.2) is 5.13 Å². The molecular weight excluding hydrogens is 373 g/mol. The predicted octanol–water partition coefficient (Wildman–Crippen LogP) is 6.71. The van der Waals surface area contributed by atoms with E-state index in [4.69, 9.17) is 23.2 Å². The molecule has 130 valence electrons. The molecule has 1 aromatic heterocycles. The molecule has 6 heteroatoms. The molecule has 0 spiro atoms. The Morgan fingerprint density at radius 3 is 2.36 bits per heavy atom. The average Bonchev–Trinajstić information content (AvgIpc) is 3.08. The number of halogens is 2. The Kier molecular flexibility index (Phi) is 5.84. The van der Waals surface area contributed by atoms with Crippen molar-refractivity contribution in [2.75, 3.05) is 23.3 Å². The summed E-state index contributed by atoms with van der Waals surface area (Å²) in [5, 5.41) is 7.20. The minimum atomic E-state index is 0.524. The van der Waals surface area contributed by atoms with Crippen LogP contribution in [0.5, 0.6) is 0 Å². The first-order chi connectivity index (χ1) is 12.1. The van der Waals surface area contributed by atoms with Gasteiger partial charge >= 0.3 is 0 Å². The molecule has 0 aliphatic rings. The third-order valence-electron chi connectivity index (χ3n) is 3.97. The normalized spacial score (nSPS) is 10.7. The highest BCUT2D eigenvalue weighted by molar-refractivity contribution is 7.14. The van der Waals surface area contributed by atoms with E-state index in [0.29, 0.717) is 10.0 Å². The van der Waals surface area contributed by atoms with Crippen LogP contribution < -0.4 is 10.2 Å². The summed E-state index contributed by atoms with van der Waals surface area (Å²) in [5.41, 5.74) is 4.17. The highest BCUT2D eigenvalue weighted by Gasteiger charge is 2.07. The van der Waals surface area contributed by atoms with Gasteiger partial charge in [-0.2, -0.15) is 0 Å². The molecule has 0 aliphatic heterocycles. The van der Waals surface area contributed by atoms with Gasteiger partial charge in [0, 0.05) is 35.4 Å². The first-order valence-corrected chi connectivity index (χ1v) is 9.77. The van der Waals surface area contributed by atoms with Crippen molar-refractivity contribution in [1.29, 1.82) is 0 Å². The molecular formula is C19H19Cl2N3S. The summed E-state index contributed by atoms with van der Waals surface area (Å²) in [4.78, 5) is 6.98. The van der Waals surface area contributed by atoms with E-state index in [2.05, 4.69) is 53.3 Å². The van der Waals surface area contributed by atoms with Crippen LogP contribution in [0.3, 0.4) is 0 Å². The molecule has 1 heterocycles. The molecule has 3 rings (SSSR count). The van der Waals surface area contributed by atoms with Gasteiger partial charge in [-0.15, -0.1) is 11.3 Å². The molecule has 0 unspecified atom stereocenters. The third-order valence-corrected chi connectivity index (χ3v) is 5.46. The fraction of sp³-hybridized carbons (Fsp3) is 0.211. The van der Waals surface area contributed by atoms with Crippen LogP contribution >= 0.6 is 34.5 Å². The standard InChI is InChI=1S/C19H19Cl2N3S/c1-3-24(4-2)15-8-5-13(6-9-15)18-12-25-19(23-18)22-14-7-10-16(20)17(21)11-14/h5-12H,3-4H2,1-2H3,(H,22,23). The van der Waals surface area contributed by atoms with Gasteiger partial charge in [-0.1, -0.05) is 35.3 Å². The van der Waals surface area contributed by atoms with E-state index in [-0.39, 0.29) is 0 Å². The molecule has 0 fully saturated rings. The molecule has 3 aromatic rings. The fourth-order valence-electron chi connectivity index (χ4n) is 2.59. The van der Waals surface area contributed by atoms with Crippen molar-refractivity contribution >= 4 is 51.0 Å². The fourth-order valence-corrected chi connectivity index (χ4v) is 3.63. The predicted molar refractivity (Wildman–Crippen MR) is 111 cm³/mol. The van der Waals surface area contributed by atoms with Crippen LogP contribution in [0, 0.1) is 0 Å². The number of rotatable bonds is 6. The molecule has 1 N–H and O–H groups in total. The molecule has 0 saturated carbocycles. The van der Waals surface area contributed by atoms with Crippen LogP contribution in [0.25, 0.3) is 11.3 Å². The first kappa shape index (κ1) is 18.1. The quantitative estimate of drug-likeness (QED) is 0.506. The smallest absolute Gasteiger partial charge is 0.187 e. The lowest BCUT2D eigenvalue weighted by Crippen LogP contribution is -2.21. The summed E-state index contributed by atoms with van der Waals surface area (Å²) in [6.07, 6.45) is 0. The molecule has 0 atom stereocenters. The van der Waals surface area contributed by atoms with Gasteiger partial charge in [0.05, 0.1) is 15.7 Å². The van der Waals surface area contributed by atoms with E-state index in [0.717, 1.165) is 35.2 Å². The maximum absolute atomic E-state index is 6.05. The zero-order valence-electron chi connectivity index (χ0n) is 14.1. The van der Waals surface area contributed by atoms with Crippen LogP contribution in [-0.4, -0.2) is 18.1 Å². The van der Waals surface area contributed by atoms with Gasteiger partial charge in [-0.05, 0) is 44.2 Å². The van der Waals surface area contributed by atoms with Gasteiger partial charge in [0.25, 0.3) is 0 Å². The molecule has 3 nitrogen and oxygen atoms in total. The summed E-state index contributed by atoms with van der Waals surface area (Å²) in [7, 11) is 0. The van der Waals surface area contributed by atoms with Crippen LogP contribution in [0.4, 0.5) is 16.5 Å². The van der Waals surface area contributed by atoms with Crippen molar-refractivity contribution in [2.45, 2.75) is 13.8 Å². The molecule has 0 amide bonds. The molecule has 25 heavy (non-hydrogen) atoms. The molecule has 0 bridgehead atoms. The number of thiazole rings is 1. The Balaban J connectivity index is 1.75. The molecule has 2 aromatic carbocycles. The second kappa shape index (κ2) is 8.09. The van der Waals surface area contributed by atoms with E-state index in [1.807, 2.05) is 11.4 Å². The van der Waals surface area contributed by atoms with Crippen LogP contribution in [0.15, 0.2) is 47.8 Å². The van der Waals surface area contributed by atoms with E-state index in [1.165, 1.54) is 5.69 Å². The maximum atomic E-state index is 6.05. The summed E-state index contributed by atoms with van der Waals surface area (Å²) in [5.74, 6) is 0. The van der Waals surface area contributed by atoms with Crippen molar-refractivity contribution in [3.05, 3.63) is 57.9 Å². The van der Waals surface area contributed by atoms with Crippen LogP contribution in [0.1, 0.15) is 13.8 Å². The van der Waals surface area contributed by atoms with Gasteiger partial charge in [-0.25, -0.2) is 4.98 Å². The lowest BCUT2D eigenvalue weighted by atomic mass is 10.1. The number of hydrogen-bond acceptors (Lipinski definition) is 4. The van der Waals surface area contributed by atoms with Crippen molar-refractivity contribution < 1.29 is 0 Å². The topological polar surface area (TPSA) is 28.2 Å². The number of benzene rings is 2. The number of anilines is 3. The van der Waals surface area contributed by atoms with Crippen molar-refractivity contribution in [3.8, 4) is 11.3 Å². The number of nitrogens with one attached hydrogen (secondary N) is 1. The van der Waals surface area contributed by atoms with Crippen molar-refractivity contribution in [1.82, 2.24) is 4.98 Å². The first-order valence-electron chi connectivity index (χ1n) is 8.13. The van der Waals surface area contributed by atoms with Gasteiger partial charge in [-0.3, -0.25) is 0 Å².